The molecule has 1 aromatic carbocycles. The van der Waals surface area contributed by atoms with Crippen LogP contribution in [-0.4, -0.2) is 29.7 Å². The molecule has 0 unspecified atom stereocenters. The van der Waals surface area contributed by atoms with E-state index in [0.717, 1.165) is 0 Å². The second-order valence-corrected chi connectivity index (χ2v) is 3.50. The smallest absolute Gasteiger partial charge is 0.338 e. The van der Waals surface area contributed by atoms with Crippen LogP contribution in [0.3, 0.4) is 0 Å². The summed E-state index contributed by atoms with van der Waals surface area (Å²) in [5.74, 6) is -1.31. The Bertz CT molecular complexity index is 399. The second-order valence-electron chi connectivity index (χ2n) is 3.50. The molecular formula is C12H15NO4. The molecule has 1 atom stereocenters. The molecule has 0 saturated carbocycles. The lowest BCUT2D eigenvalue weighted by Gasteiger charge is -2.10. The van der Waals surface area contributed by atoms with Crippen molar-refractivity contribution < 1.29 is 19.4 Å². The SMILES string of the molecule is CCOC(=O)c1ccc(N[C@@H](C)C(=O)O)cc1. The molecule has 0 spiro atoms. The molecule has 5 nitrogen and oxygen atoms in total. The van der Waals surface area contributed by atoms with Crippen molar-refractivity contribution >= 4 is 17.6 Å². The standard InChI is InChI=1S/C12H15NO4/c1-3-17-12(16)9-4-6-10(7-5-9)13-8(2)11(14)15/h4-8,13H,3H2,1-2H3,(H,14,15)/t8-/m0/s1. The fraction of sp³-hybridized carbons (Fsp3) is 0.333. The number of carbonyl (C=O) groups excluding carboxylic acids is 1. The number of benzene rings is 1. The van der Waals surface area contributed by atoms with Crippen LogP contribution in [0.5, 0.6) is 0 Å². The molecule has 0 bridgehead atoms. The van der Waals surface area contributed by atoms with Crippen LogP contribution in [0.25, 0.3) is 0 Å². The summed E-state index contributed by atoms with van der Waals surface area (Å²) in [7, 11) is 0. The molecule has 0 amide bonds. The number of rotatable bonds is 5. The first-order chi connectivity index (χ1) is 8.04. The fourth-order valence-corrected chi connectivity index (χ4v) is 1.23. The maximum Gasteiger partial charge on any atom is 0.338 e. The zero-order valence-corrected chi connectivity index (χ0v) is 9.77. The fourth-order valence-electron chi connectivity index (χ4n) is 1.23. The first kappa shape index (κ1) is 13.0. The average Bonchev–Trinajstić information content (AvgIpc) is 2.30. The summed E-state index contributed by atoms with van der Waals surface area (Å²) in [6.07, 6.45) is 0. The quantitative estimate of drug-likeness (QED) is 0.763. The van der Waals surface area contributed by atoms with Gasteiger partial charge in [0.2, 0.25) is 0 Å². The van der Waals surface area contributed by atoms with Crippen LogP contribution in [0.2, 0.25) is 0 Å². The number of aliphatic carboxylic acids is 1. The molecule has 1 rings (SSSR count). The summed E-state index contributed by atoms with van der Waals surface area (Å²) >= 11 is 0. The van der Waals surface area contributed by atoms with Crippen LogP contribution in [0.15, 0.2) is 24.3 Å². The lowest BCUT2D eigenvalue weighted by molar-refractivity contribution is -0.137. The minimum absolute atomic E-state index is 0.328. The van der Waals surface area contributed by atoms with E-state index in [1.165, 1.54) is 0 Å². The molecule has 92 valence electrons. The highest BCUT2D eigenvalue weighted by Crippen LogP contribution is 2.11. The minimum atomic E-state index is -0.931. The third-order valence-electron chi connectivity index (χ3n) is 2.15. The molecule has 2 N–H and O–H groups in total. The molecule has 0 aliphatic heterocycles. The van der Waals surface area contributed by atoms with Crippen LogP contribution in [-0.2, 0) is 9.53 Å². The molecule has 17 heavy (non-hydrogen) atoms. The van der Waals surface area contributed by atoms with Gasteiger partial charge in [0.1, 0.15) is 6.04 Å². The summed E-state index contributed by atoms with van der Waals surface area (Å²) < 4.78 is 4.83. The zero-order chi connectivity index (χ0) is 12.8. The van der Waals surface area contributed by atoms with E-state index in [0.29, 0.717) is 17.9 Å². The van der Waals surface area contributed by atoms with Gasteiger partial charge in [0, 0.05) is 5.69 Å². The van der Waals surface area contributed by atoms with Gasteiger partial charge in [0.15, 0.2) is 0 Å². The van der Waals surface area contributed by atoms with Gasteiger partial charge >= 0.3 is 11.9 Å². The lowest BCUT2D eigenvalue weighted by atomic mass is 10.2. The molecule has 5 heteroatoms. The van der Waals surface area contributed by atoms with Crippen LogP contribution in [0.1, 0.15) is 24.2 Å². The van der Waals surface area contributed by atoms with Crippen molar-refractivity contribution in [2.45, 2.75) is 19.9 Å². The predicted molar refractivity (Wildman–Crippen MR) is 63.1 cm³/mol. The van der Waals surface area contributed by atoms with Crippen molar-refractivity contribution in [2.24, 2.45) is 0 Å². The molecule has 0 aliphatic rings. The van der Waals surface area contributed by atoms with Crippen molar-refractivity contribution in [2.75, 3.05) is 11.9 Å². The minimum Gasteiger partial charge on any atom is -0.480 e. The number of carbonyl (C=O) groups is 2. The highest BCUT2D eigenvalue weighted by atomic mass is 16.5. The molecular weight excluding hydrogens is 222 g/mol. The van der Waals surface area contributed by atoms with Gasteiger partial charge < -0.3 is 15.2 Å². The third kappa shape index (κ3) is 3.79. The van der Waals surface area contributed by atoms with Crippen LogP contribution in [0, 0.1) is 0 Å². The molecule has 0 radical (unpaired) electrons. The summed E-state index contributed by atoms with van der Waals surface area (Å²) in [5.41, 5.74) is 1.09. The van der Waals surface area contributed by atoms with Crippen molar-refractivity contribution in [1.82, 2.24) is 0 Å². The van der Waals surface area contributed by atoms with E-state index in [1.54, 1.807) is 38.1 Å². The number of anilines is 1. The van der Waals surface area contributed by atoms with Gasteiger partial charge in [-0.1, -0.05) is 0 Å². The van der Waals surface area contributed by atoms with Gasteiger partial charge in [-0.2, -0.15) is 0 Å². The predicted octanol–water partition coefficient (Wildman–Crippen LogP) is 1.75. The Labute approximate surface area is 99.4 Å². The molecule has 0 aliphatic carbocycles. The van der Waals surface area contributed by atoms with Crippen molar-refractivity contribution in [3.8, 4) is 0 Å². The number of carboxylic acid groups (broad SMARTS) is 1. The molecule has 0 aromatic heterocycles. The Balaban J connectivity index is 2.68. The Morgan fingerprint density at radius 2 is 1.94 bits per heavy atom. The normalized spacial score (nSPS) is 11.6. The highest BCUT2D eigenvalue weighted by molar-refractivity contribution is 5.89. The Kier molecular flexibility index (Phi) is 4.51. The number of esters is 1. The zero-order valence-electron chi connectivity index (χ0n) is 9.77. The number of ether oxygens (including phenoxy) is 1. The van der Waals surface area contributed by atoms with Crippen LogP contribution < -0.4 is 5.32 Å². The first-order valence-corrected chi connectivity index (χ1v) is 5.31. The van der Waals surface area contributed by atoms with Gasteiger partial charge in [-0.25, -0.2) is 4.79 Å². The summed E-state index contributed by atoms with van der Waals surface area (Å²) in [5, 5.41) is 11.5. The number of nitrogens with one attached hydrogen (secondary N) is 1. The maximum absolute atomic E-state index is 11.3. The topological polar surface area (TPSA) is 75.6 Å². The van der Waals surface area contributed by atoms with Gasteiger partial charge in [-0.15, -0.1) is 0 Å². The van der Waals surface area contributed by atoms with E-state index in [1.807, 2.05) is 0 Å². The monoisotopic (exact) mass is 237 g/mol. The lowest BCUT2D eigenvalue weighted by Crippen LogP contribution is -2.25. The number of carboxylic acids is 1. The average molecular weight is 237 g/mol. The summed E-state index contributed by atoms with van der Waals surface area (Å²) in [6.45, 7) is 3.61. The highest BCUT2D eigenvalue weighted by Gasteiger charge is 2.10. The van der Waals surface area contributed by atoms with E-state index < -0.39 is 12.0 Å². The van der Waals surface area contributed by atoms with Crippen molar-refractivity contribution in [3.05, 3.63) is 29.8 Å². The largest absolute Gasteiger partial charge is 0.480 e. The third-order valence-corrected chi connectivity index (χ3v) is 2.15. The molecule has 0 saturated heterocycles. The Hall–Kier alpha value is -2.04. The van der Waals surface area contributed by atoms with E-state index in [9.17, 15) is 9.59 Å². The first-order valence-electron chi connectivity index (χ1n) is 5.31. The summed E-state index contributed by atoms with van der Waals surface area (Å²) in [4.78, 5) is 22.0. The van der Waals surface area contributed by atoms with Gasteiger partial charge in [-0.05, 0) is 38.1 Å². The van der Waals surface area contributed by atoms with Crippen molar-refractivity contribution in [3.63, 3.8) is 0 Å². The van der Waals surface area contributed by atoms with E-state index in [4.69, 9.17) is 9.84 Å². The Morgan fingerprint density at radius 1 is 1.35 bits per heavy atom. The number of hydrogen-bond donors (Lipinski definition) is 2. The Morgan fingerprint density at radius 3 is 2.41 bits per heavy atom. The van der Waals surface area contributed by atoms with Gasteiger partial charge in [-0.3, -0.25) is 4.79 Å². The molecule has 0 heterocycles. The van der Waals surface area contributed by atoms with E-state index in [-0.39, 0.29) is 5.97 Å². The second kappa shape index (κ2) is 5.89. The van der Waals surface area contributed by atoms with Crippen LogP contribution >= 0.6 is 0 Å². The molecule has 0 fully saturated rings. The van der Waals surface area contributed by atoms with Gasteiger partial charge in [0.25, 0.3) is 0 Å². The summed E-state index contributed by atoms with van der Waals surface area (Å²) in [6, 6.07) is 5.80. The van der Waals surface area contributed by atoms with Crippen molar-refractivity contribution in [1.29, 1.82) is 0 Å². The molecule has 1 aromatic rings. The van der Waals surface area contributed by atoms with Crippen LogP contribution in [0.4, 0.5) is 5.69 Å². The van der Waals surface area contributed by atoms with Gasteiger partial charge in [0.05, 0.1) is 12.2 Å². The van der Waals surface area contributed by atoms with E-state index >= 15 is 0 Å². The maximum atomic E-state index is 11.3. The number of hydrogen-bond acceptors (Lipinski definition) is 4. The van der Waals surface area contributed by atoms with E-state index in [2.05, 4.69) is 5.32 Å².